The molecule has 7 nitrogen and oxygen atoms in total. The molecule has 1 aromatic carbocycles. The van der Waals surface area contributed by atoms with Crippen molar-refractivity contribution < 1.29 is 9.59 Å². The van der Waals surface area contributed by atoms with Crippen molar-refractivity contribution in [3.05, 3.63) is 62.6 Å². The van der Waals surface area contributed by atoms with Crippen LogP contribution in [-0.4, -0.2) is 52.8 Å². The minimum absolute atomic E-state index is 0.116. The number of carbonyl (C=O) groups excluding carboxylic acids is 2. The Balaban J connectivity index is 1.50. The van der Waals surface area contributed by atoms with Crippen LogP contribution in [-0.2, 0) is 17.8 Å². The highest BCUT2D eigenvalue weighted by Gasteiger charge is 2.27. The molecule has 2 amide bonds. The summed E-state index contributed by atoms with van der Waals surface area (Å²) < 4.78 is 0. The maximum atomic E-state index is 13.1. The monoisotopic (exact) mass is 436 g/mol. The predicted molar refractivity (Wildman–Crippen MR) is 125 cm³/mol. The highest BCUT2D eigenvalue weighted by Crippen LogP contribution is 2.23. The first-order valence-electron chi connectivity index (χ1n) is 11.5. The van der Waals surface area contributed by atoms with Crippen LogP contribution >= 0.6 is 0 Å². The number of pyridine rings is 1. The molecular formula is C25H32N4O3. The van der Waals surface area contributed by atoms with Gasteiger partial charge in [0.05, 0.1) is 6.54 Å². The van der Waals surface area contributed by atoms with E-state index in [9.17, 15) is 14.4 Å². The van der Waals surface area contributed by atoms with E-state index in [0.29, 0.717) is 31.7 Å². The Bertz CT molecular complexity index is 1070. The van der Waals surface area contributed by atoms with Crippen LogP contribution in [0.15, 0.2) is 29.2 Å². The summed E-state index contributed by atoms with van der Waals surface area (Å²) in [6, 6.07) is 5.84. The largest absolute Gasteiger partial charge is 0.337 e. The van der Waals surface area contributed by atoms with Gasteiger partial charge in [-0.15, -0.1) is 0 Å². The lowest BCUT2D eigenvalue weighted by Gasteiger charge is -2.31. The number of likely N-dealkylation sites (tertiary alicyclic amines) is 1. The van der Waals surface area contributed by atoms with Crippen LogP contribution in [0.5, 0.6) is 0 Å². The van der Waals surface area contributed by atoms with E-state index in [1.165, 1.54) is 12.8 Å². The molecule has 2 N–H and O–H groups in total. The SMILES string of the molecule is Cc1ccc(C)c(NC(=O)c2c3c(c[nH]c2=O)CN(C(=O)CN2CCCCCC2)CC3)c1. The summed E-state index contributed by atoms with van der Waals surface area (Å²) in [7, 11) is 0. The molecule has 0 radical (unpaired) electrons. The first-order chi connectivity index (χ1) is 15.4. The summed E-state index contributed by atoms with van der Waals surface area (Å²) in [5.74, 6) is -0.286. The van der Waals surface area contributed by atoms with Crippen molar-refractivity contribution in [1.82, 2.24) is 14.8 Å². The number of hydrogen-bond donors (Lipinski definition) is 2. The number of amides is 2. The minimum atomic E-state index is -0.402. The zero-order valence-corrected chi connectivity index (χ0v) is 19.0. The van der Waals surface area contributed by atoms with Crippen molar-refractivity contribution in [1.29, 1.82) is 0 Å². The van der Waals surface area contributed by atoms with Crippen molar-refractivity contribution in [3.8, 4) is 0 Å². The number of aromatic amines is 1. The van der Waals surface area contributed by atoms with Gasteiger partial charge in [-0.3, -0.25) is 19.3 Å². The molecule has 2 aliphatic heterocycles. The molecule has 0 saturated carbocycles. The van der Waals surface area contributed by atoms with Gasteiger partial charge in [0.25, 0.3) is 11.5 Å². The normalized spacial score (nSPS) is 16.9. The van der Waals surface area contributed by atoms with Gasteiger partial charge in [-0.1, -0.05) is 25.0 Å². The van der Waals surface area contributed by atoms with E-state index >= 15 is 0 Å². The molecule has 2 aliphatic rings. The average Bonchev–Trinajstić information content (AvgIpc) is 3.04. The second kappa shape index (κ2) is 9.69. The standard InChI is InChI=1S/C25H32N4O3/c1-17-7-8-18(2)21(13-17)27-25(32)23-20-9-12-29(15-19(20)14-26-24(23)31)22(30)16-28-10-5-3-4-6-11-28/h7-8,13-14H,3-6,9-12,15-16H2,1-2H3,(H,26,31)(H,27,32). The highest BCUT2D eigenvalue weighted by molar-refractivity contribution is 6.05. The molecule has 0 aliphatic carbocycles. The molecule has 1 aromatic heterocycles. The van der Waals surface area contributed by atoms with Crippen LogP contribution in [0.3, 0.4) is 0 Å². The molecule has 1 fully saturated rings. The molecule has 4 rings (SSSR count). The lowest BCUT2D eigenvalue weighted by Crippen LogP contribution is -2.44. The third-order valence-electron chi connectivity index (χ3n) is 6.57. The van der Waals surface area contributed by atoms with Gasteiger partial charge in [0, 0.05) is 25.0 Å². The topological polar surface area (TPSA) is 85.5 Å². The number of nitrogens with one attached hydrogen (secondary N) is 2. The number of nitrogens with zero attached hydrogens (tertiary/aromatic N) is 2. The number of hydrogen-bond acceptors (Lipinski definition) is 4. The van der Waals surface area contributed by atoms with Gasteiger partial charge < -0.3 is 15.2 Å². The predicted octanol–water partition coefficient (Wildman–Crippen LogP) is 3.00. The zero-order valence-electron chi connectivity index (χ0n) is 19.0. The average molecular weight is 437 g/mol. The van der Waals surface area contributed by atoms with E-state index in [2.05, 4.69) is 15.2 Å². The number of anilines is 1. The second-order valence-corrected chi connectivity index (χ2v) is 9.02. The van der Waals surface area contributed by atoms with Gasteiger partial charge in [-0.2, -0.15) is 0 Å². The molecule has 2 aromatic rings. The summed E-state index contributed by atoms with van der Waals surface area (Å²) in [6.07, 6.45) is 6.93. The van der Waals surface area contributed by atoms with Crippen molar-refractivity contribution in [2.24, 2.45) is 0 Å². The fraction of sp³-hybridized carbons (Fsp3) is 0.480. The summed E-state index contributed by atoms with van der Waals surface area (Å²) in [4.78, 5) is 45.4. The summed E-state index contributed by atoms with van der Waals surface area (Å²) in [5, 5.41) is 2.91. The third-order valence-corrected chi connectivity index (χ3v) is 6.57. The van der Waals surface area contributed by atoms with E-state index in [0.717, 1.165) is 48.2 Å². The fourth-order valence-corrected chi connectivity index (χ4v) is 4.66. The summed E-state index contributed by atoms with van der Waals surface area (Å²) in [6.45, 7) is 7.23. The van der Waals surface area contributed by atoms with Gasteiger partial charge in [0.2, 0.25) is 5.91 Å². The Labute approximate surface area is 188 Å². The number of rotatable bonds is 4. The van der Waals surface area contributed by atoms with Gasteiger partial charge in [-0.05, 0) is 74.5 Å². The van der Waals surface area contributed by atoms with E-state index in [4.69, 9.17) is 0 Å². The van der Waals surface area contributed by atoms with Crippen molar-refractivity contribution in [2.75, 3.05) is 31.5 Å². The second-order valence-electron chi connectivity index (χ2n) is 9.02. The van der Waals surface area contributed by atoms with Crippen LogP contribution in [0.1, 0.15) is 58.3 Å². The van der Waals surface area contributed by atoms with E-state index in [1.54, 1.807) is 6.20 Å². The molecule has 7 heteroatoms. The van der Waals surface area contributed by atoms with E-state index in [1.807, 2.05) is 36.9 Å². The number of benzene rings is 1. The van der Waals surface area contributed by atoms with Crippen LogP contribution in [0, 0.1) is 13.8 Å². The minimum Gasteiger partial charge on any atom is -0.337 e. The Morgan fingerprint density at radius 2 is 1.81 bits per heavy atom. The molecule has 170 valence electrons. The number of aromatic nitrogens is 1. The van der Waals surface area contributed by atoms with E-state index < -0.39 is 11.5 Å². The van der Waals surface area contributed by atoms with Gasteiger partial charge in [0.1, 0.15) is 5.56 Å². The molecule has 1 saturated heterocycles. The van der Waals surface area contributed by atoms with Crippen LogP contribution < -0.4 is 10.9 Å². The van der Waals surface area contributed by atoms with Crippen LogP contribution in [0.25, 0.3) is 0 Å². The molecule has 32 heavy (non-hydrogen) atoms. The number of carbonyl (C=O) groups is 2. The Hall–Kier alpha value is -2.93. The van der Waals surface area contributed by atoms with Crippen LogP contribution in [0.4, 0.5) is 5.69 Å². The summed E-state index contributed by atoms with van der Waals surface area (Å²) in [5.41, 5.74) is 4.03. The smallest absolute Gasteiger partial charge is 0.261 e. The lowest BCUT2D eigenvalue weighted by molar-refractivity contribution is -0.133. The summed E-state index contributed by atoms with van der Waals surface area (Å²) >= 11 is 0. The molecule has 0 bridgehead atoms. The van der Waals surface area contributed by atoms with Gasteiger partial charge in [0.15, 0.2) is 0 Å². The molecule has 0 atom stereocenters. The van der Waals surface area contributed by atoms with Gasteiger partial charge in [-0.25, -0.2) is 0 Å². The van der Waals surface area contributed by atoms with Crippen LogP contribution in [0.2, 0.25) is 0 Å². The zero-order chi connectivity index (χ0) is 22.7. The molecule has 0 unspecified atom stereocenters. The fourth-order valence-electron chi connectivity index (χ4n) is 4.66. The molecule has 3 heterocycles. The van der Waals surface area contributed by atoms with Crippen molar-refractivity contribution in [3.63, 3.8) is 0 Å². The highest BCUT2D eigenvalue weighted by atomic mass is 16.2. The quantitative estimate of drug-likeness (QED) is 0.772. The first-order valence-corrected chi connectivity index (χ1v) is 11.5. The first kappa shape index (κ1) is 22.3. The van der Waals surface area contributed by atoms with Crippen molar-refractivity contribution in [2.45, 2.75) is 52.5 Å². The number of H-pyrrole nitrogens is 1. The maximum absolute atomic E-state index is 13.1. The lowest BCUT2D eigenvalue weighted by atomic mass is 9.96. The maximum Gasteiger partial charge on any atom is 0.261 e. The third kappa shape index (κ3) is 4.93. The van der Waals surface area contributed by atoms with E-state index in [-0.39, 0.29) is 11.5 Å². The Kier molecular flexibility index (Phi) is 6.74. The van der Waals surface area contributed by atoms with Gasteiger partial charge >= 0.3 is 0 Å². The Morgan fingerprint density at radius 1 is 1.06 bits per heavy atom. The number of fused-ring (bicyclic) bond motifs is 1. The molecule has 0 spiro atoms. The van der Waals surface area contributed by atoms with Crippen molar-refractivity contribution >= 4 is 17.5 Å². The molecular weight excluding hydrogens is 404 g/mol. The number of aryl methyl sites for hydroxylation is 2. The Morgan fingerprint density at radius 3 is 2.56 bits per heavy atom.